The Balaban J connectivity index is 4.05. The average molecular weight is 202 g/mol. The summed E-state index contributed by atoms with van der Waals surface area (Å²) in [4.78, 5) is 0. The molecule has 0 heterocycles. The Morgan fingerprint density at radius 3 is 2.08 bits per heavy atom. The van der Waals surface area contributed by atoms with Crippen molar-refractivity contribution in [1.82, 2.24) is 0 Å². The number of thiol groups is 1. The van der Waals surface area contributed by atoms with Gasteiger partial charge < -0.3 is 0 Å². The lowest BCUT2D eigenvalue weighted by molar-refractivity contribution is 0.308. The van der Waals surface area contributed by atoms with E-state index in [4.69, 9.17) is 12.6 Å². The molecule has 80 valence electrons. The minimum atomic E-state index is 0.250. The molecule has 0 aromatic rings. The molecule has 0 bridgehead atoms. The van der Waals surface area contributed by atoms with Gasteiger partial charge in [-0.05, 0) is 24.7 Å². The molecule has 0 rings (SSSR count). The van der Waals surface area contributed by atoms with Gasteiger partial charge in [0.05, 0.1) is 0 Å². The summed E-state index contributed by atoms with van der Waals surface area (Å²) in [5, 5.41) is 0. The monoisotopic (exact) mass is 202 g/mol. The predicted octanol–water partition coefficient (Wildman–Crippen LogP) is 4.55. The molecule has 0 aliphatic carbocycles. The molecular formula is C12H26S. The van der Waals surface area contributed by atoms with Crippen LogP contribution in [0.3, 0.4) is 0 Å². The highest BCUT2D eigenvalue weighted by atomic mass is 32.1. The van der Waals surface area contributed by atoms with Gasteiger partial charge in [0.1, 0.15) is 0 Å². The van der Waals surface area contributed by atoms with Crippen LogP contribution in [-0.4, -0.2) is 4.75 Å². The summed E-state index contributed by atoms with van der Waals surface area (Å²) in [6.07, 6.45) is 5.03. The third-order valence-electron chi connectivity index (χ3n) is 2.96. The van der Waals surface area contributed by atoms with E-state index < -0.39 is 0 Å². The summed E-state index contributed by atoms with van der Waals surface area (Å²) < 4.78 is 0.250. The van der Waals surface area contributed by atoms with Crippen molar-refractivity contribution in [2.45, 2.75) is 65.0 Å². The highest BCUT2D eigenvalue weighted by molar-refractivity contribution is 7.81. The molecule has 0 aromatic heterocycles. The summed E-state index contributed by atoms with van der Waals surface area (Å²) in [5.41, 5.74) is 0. The normalized spacial score (nSPS) is 18.7. The fraction of sp³-hybridized carbons (Fsp3) is 1.00. The van der Waals surface area contributed by atoms with Crippen LogP contribution in [0.25, 0.3) is 0 Å². The average Bonchev–Trinajstić information content (AvgIpc) is 1.99. The highest BCUT2D eigenvalue weighted by Gasteiger charge is 2.24. The van der Waals surface area contributed by atoms with E-state index in [2.05, 4.69) is 34.6 Å². The van der Waals surface area contributed by atoms with Crippen LogP contribution >= 0.6 is 12.6 Å². The fourth-order valence-electron chi connectivity index (χ4n) is 2.06. The van der Waals surface area contributed by atoms with E-state index in [1.165, 1.54) is 25.7 Å². The molecule has 13 heavy (non-hydrogen) atoms. The molecule has 0 aromatic carbocycles. The minimum absolute atomic E-state index is 0.250. The zero-order valence-corrected chi connectivity index (χ0v) is 10.8. The van der Waals surface area contributed by atoms with Crippen LogP contribution < -0.4 is 0 Å². The zero-order chi connectivity index (χ0) is 10.5. The Morgan fingerprint density at radius 1 is 1.23 bits per heavy atom. The van der Waals surface area contributed by atoms with Crippen LogP contribution in [-0.2, 0) is 0 Å². The van der Waals surface area contributed by atoms with Gasteiger partial charge in [0.25, 0.3) is 0 Å². The molecule has 0 saturated carbocycles. The third-order valence-corrected chi connectivity index (χ3v) is 3.36. The lowest BCUT2D eigenvalue weighted by Gasteiger charge is -2.30. The largest absolute Gasteiger partial charge is 0.173 e. The summed E-state index contributed by atoms with van der Waals surface area (Å²) in [5.74, 6) is 1.64. The second-order valence-corrected chi connectivity index (χ2v) is 5.94. The molecule has 0 aliphatic heterocycles. The molecule has 1 unspecified atom stereocenters. The Morgan fingerprint density at radius 2 is 1.77 bits per heavy atom. The molecule has 0 N–H and O–H groups in total. The standard InChI is InChI=1S/C12H26S/c1-6-8-12(5,13)9-11(7-2)10(3)4/h10-11,13H,6-9H2,1-5H3/t11?,12-/m0/s1. The molecule has 0 fully saturated rings. The van der Waals surface area contributed by atoms with Crippen molar-refractivity contribution in [3.05, 3.63) is 0 Å². The van der Waals surface area contributed by atoms with Crippen molar-refractivity contribution in [2.75, 3.05) is 0 Å². The molecule has 0 amide bonds. The van der Waals surface area contributed by atoms with E-state index in [1.54, 1.807) is 0 Å². The molecule has 0 radical (unpaired) electrons. The molecule has 1 heteroatoms. The van der Waals surface area contributed by atoms with Crippen molar-refractivity contribution >= 4 is 12.6 Å². The molecule has 0 nitrogen and oxygen atoms in total. The molecule has 2 atom stereocenters. The predicted molar refractivity (Wildman–Crippen MR) is 65.5 cm³/mol. The van der Waals surface area contributed by atoms with Gasteiger partial charge in [-0.1, -0.05) is 47.5 Å². The van der Waals surface area contributed by atoms with E-state index in [0.29, 0.717) is 0 Å². The van der Waals surface area contributed by atoms with Gasteiger partial charge >= 0.3 is 0 Å². The first kappa shape index (κ1) is 13.4. The summed E-state index contributed by atoms with van der Waals surface area (Å²) in [7, 11) is 0. The maximum Gasteiger partial charge on any atom is 0.0104 e. The maximum absolute atomic E-state index is 4.75. The van der Waals surface area contributed by atoms with Crippen molar-refractivity contribution in [3.8, 4) is 0 Å². The smallest absolute Gasteiger partial charge is 0.0104 e. The van der Waals surface area contributed by atoms with Gasteiger partial charge in [-0.25, -0.2) is 0 Å². The Hall–Kier alpha value is 0.350. The second-order valence-electron chi connectivity index (χ2n) is 4.86. The number of hydrogen-bond acceptors (Lipinski definition) is 1. The van der Waals surface area contributed by atoms with Gasteiger partial charge in [0.15, 0.2) is 0 Å². The number of hydrogen-bond donors (Lipinski definition) is 1. The van der Waals surface area contributed by atoms with Crippen molar-refractivity contribution in [3.63, 3.8) is 0 Å². The quantitative estimate of drug-likeness (QED) is 0.600. The van der Waals surface area contributed by atoms with E-state index in [0.717, 1.165) is 11.8 Å². The number of rotatable bonds is 6. The van der Waals surface area contributed by atoms with Crippen LogP contribution in [0.1, 0.15) is 60.3 Å². The Labute approximate surface area is 89.9 Å². The van der Waals surface area contributed by atoms with Crippen LogP contribution in [0.2, 0.25) is 0 Å². The first-order valence-corrected chi connectivity index (χ1v) is 6.10. The van der Waals surface area contributed by atoms with Gasteiger partial charge in [-0.15, -0.1) is 0 Å². The van der Waals surface area contributed by atoms with Gasteiger partial charge in [-0.3, -0.25) is 0 Å². The molecule has 0 spiro atoms. The first-order valence-electron chi connectivity index (χ1n) is 5.65. The van der Waals surface area contributed by atoms with Crippen LogP contribution in [0.15, 0.2) is 0 Å². The SMILES string of the molecule is CCC[C@](C)(S)CC(CC)C(C)C. The van der Waals surface area contributed by atoms with Gasteiger partial charge in [-0.2, -0.15) is 12.6 Å². The first-order chi connectivity index (χ1) is 5.93. The summed E-state index contributed by atoms with van der Waals surface area (Å²) in [6.45, 7) is 11.5. The van der Waals surface area contributed by atoms with Crippen LogP contribution in [0.4, 0.5) is 0 Å². The lowest BCUT2D eigenvalue weighted by Crippen LogP contribution is -2.23. The summed E-state index contributed by atoms with van der Waals surface area (Å²) >= 11 is 4.75. The van der Waals surface area contributed by atoms with Gasteiger partial charge in [0, 0.05) is 4.75 Å². The van der Waals surface area contributed by atoms with Crippen molar-refractivity contribution in [1.29, 1.82) is 0 Å². The Bertz CT molecular complexity index is 127. The van der Waals surface area contributed by atoms with E-state index in [1.807, 2.05) is 0 Å². The zero-order valence-electron chi connectivity index (χ0n) is 9.93. The molecule has 0 aliphatic rings. The molecular weight excluding hydrogens is 176 g/mol. The van der Waals surface area contributed by atoms with Crippen LogP contribution in [0.5, 0.6) is 0 Å². The maximum atomic E-state index is 4.75. The fourth-order valence-corrected chi connectivity index (χ4v) is 2.52. The van der Waals surface area contributed by atoms with Crippen molar-refractivity contribution in [2.24, 2.45) is 11.8 Å². The van der Waals surface area contributed by atoms with E-state index in [-0.39, 0.29) is 4.75 Å². The second kappa shape index (κ2) is 5.95. The highest BCUT2D eigenvalue weighted by Crippen LogP contribution is 2.33. The van der Waals surface area contributed by atoms with Gasteiger partial charge in [0.2, 0.25) is 0 Å². The lowest BCUT2D eigenvalue weighted by atomic mass is 9.83. The Kier molecular flexibility index (Phi) is 6.11. The van der Waals surface area contributed by atoms with Crippen molar-refractivity contribution < 1.29 is 0 Å². The summed E-state index contributed by atoms with van der Waals surface area (Å²) in [6, 6.07) is 0. The molecule has 0 saturated heterocycles. The minimum Gasteiger partial charge on any atom is -0.173 e. The topological polar surface area (TPSA) is 0 Å². The third kappa shape index (κ3) is 5.61. The van der Waals surface area contributed by atoms with E-state index in [9.17, 15) is 0 Å². The van der Waals surface area contributed by atoms with E-state index >= 15 is 0 Å². The van der Waals surface area contributed by atoms with Crippen LogP contribution in [0, 0.1) is 11.8 Å².